The molecule has 0 nitrogen and oxygen atoms in total. The van der Waals surface area contributed by atoms with E-state index in [1.165, 1.54) is 0 Å². The molecule has 0 aliphatic carbocycles. The molecule has 14 heavy (non-hydrogen) atoms. The molecule has 0 heteroatoms. The van der Waals surface area contributed by atoms with Crippen LogP contribution in [0, 0.1) is 53.3 Å². The first-order valence-corrected chi connectivity index (χ1v) is 4.66. The van der Waals surface area contributed by atoms with Crippen molar-refractivity contribution < 1.29 is 0 Å². The lowest BCUT2D eigenvalue weighted by Crippen LogP contribution is -2.11. The van der Waals surface area contributed by atoms with E-state index >= 15 is 0 Å². The third-order valence-corrected chi connectivity index (χ3v) is 1.72. The molecule has 0 aromatic rings. The highest BCUT2D eigenvalue weighted by Gasteiger charge is 2.18. The van der Waals surface area contributed by atoms with Crippen LogP contribution >= 0.6 is 0 Å². The van der Waals surface area contributed by atoms with E-state index in [1.54, 1.807) is 6.92 Å². The van der Waals surface area contributed by atoms with Gasteiger partial charge in [-0.2, -0.15) is 0 Å². The molecule has 0 fully saturated rings. The predicted octanol–water partition coefficient (Wildman–Crippen LogP) is 2.46. The molecule has 0 N–H and O–H groups in total. The summed E-state index contributed by atoms with van der Waals surface area (Å²) in [6, 6.07) is 0. The first-order chi connectivity index (χ1) is 6.74. The molecule has 0 rings (SSSR count). The van der Waals surface area contributed by atoms with Crippen LogP contribution in [0.4, 0.5) is 0 Å². The average Bonchev–Trinajstić information content (AvgIpc) is 2.23. The Morgan fingerprint density at radius 2 is 1.86 bits per heavy atom. The standard InChI is InChI=1S/C14H14/c1-5-9-10-11-13-14(7-3,8-4)12-6-2/h3H,5,8H2,1-2,4H3. The number of hydrogen-bond acceptors (Lipinski definition) is 0. The first kappa shape index (κ1) is 12.2. The van der Waals surface area contributed by atoms with Crippen molar-refractivity contribution >= 4 is 0 Å². The van der Waals surface area contributed by atoms with Crippen molar-refractivity contribution in [2.24, 2.45) is 5.41 Å². The van der Waals surface area contributed by atoms with E-state index in [-0.39, 0.29) is 0 Å². The van der Waals surface area contributed by atoms with E-state index in [2.05, 4.69) is 41.4 Å². The van der Waals surface area contributed by atoms with Gasteiger partial charge in [-0.1, -0.05) is 37.5 Å². The van der Waals surface area contributed by atoms with E-state index < -0.39 is 5.41 Å². The minimum Gasteiger partial charge on any atom is -0.117 e. The van der Waals surface area contributed by atoms with Crippen molar-refractivity contribution in [2.75, 3.05) is 0 Å². The van der Waals surface area contributed by atoms with E-state index in [0.717, 1.165) is 12.8 Å². The molecule has 0 aliphatic heterocycles. The highest BCUT2D eigenvalue weighted by Crippen LogP contribution is 2.17. The molecular formula is C14H14. The summed E-state index contributed by atoms with van der Waals surface area (Å²) in [6.45, 7) is 5.72. The van der Waals surface area contributed by atoms with Crippen LogP contribution in [0.25, 0.3) is 0 Å². The number of rotatable bonds is 1. The SMILES string of the molecule is C#CC(C#CC)(C#CC#CCC)CC. The molecule has 0 bridgehead atoms. The fourth-order valence-corrected chi connectivity index (χ4v) is 0.866. The Morgan fingerprint density at radius 3 is 2.29 bits per heavy atom. The molecule has 0 saturated carbocycles. The van der Waals surface area contributed by atoms with E-state index in [1.807, 2.05) is 13.8 Å². The summed E-state index contributed by atoms with van der Waals surface area (Å²) >= 11 is 0. The Kier molecular flexibility index (Phi) is 5.88. The molecule has 0 heterocycles. The molecule has 1 atom stereocenters. The fourth-order valence-electron chi connectivity index (χ4n) is 0.866. The van der Waals surface area contributed by atoms with Gasteiger partial charge in [0.25, 0.3) is 0 Å². The van der Waals surface area contributed by atoms with Gasteiger partial charge in [-0.15, -0.1) is 12.3 Å². The smallest absolute Gasteiger partial charge is 0.117 e. The van der Waals surface area contributed by atoms with Gasteiger partial charge in [-0.05, 0) is 25.2 Å². The Bertz CT molecular complexity index is 387. The summed E-state index contributed by atoms with van der Waals surface area (Å²) in [5.74, 6) is 19.7. The third kappa shape index (κ3) is 3.76. The van der Waals surface area contributed by atoms with Gasteiger partial charge in [-0.25, -0.2) is 0 Å². The minimum atomic E-state index is -0.614. The topological polar surface area (TPSA) is 0 Å². The zero-order valence-electron chi connectivity index (χ0n) is 8.99. The van der Waals surface area contributed by atoms with Crippen molar-refractivity contribution in [1.29, 1.82) is 0 Å². The Labute approximate surface area is 87.5 Å². The maximum Gasteiger partial charge on any atom is 0.152 e. The van der Waals surface area contributed by atoms with Crippen LogP contribution < -0.4 is 0 Å². The van der Waals surface area contributed by atoms with Gasteiger partial charge >= 0.3 is 0 Å². The van der Waals surface area contributed by atoms with E-state index in [4.69, 9.17) is 6.42 Å². The Hall–Kier alpha value is -1.76. The van der Waals surface area contributed by atoms with Crippen molar-refractivity contribution in [1.82, 2.24) is 0 Å². The molecule has 70 valence electrons. The summed E-state index contributed by atoms with van der Waals surface area (Å²) in [7, 11) is 0. The quantitative estimate of drug-likeness (QED) is 0.546. The lowest BCUT2D eigenvalue weighted by atomic mass is 9.87. The molecule has 0 aliphatic rings. The normalized spacial score (nSPS) is 11.3. The first-order valence-electron chi connectivity index (χ1n) is 4.66. The van der Waals surface area contributed by atoms with Crippen LogP contribution in [-0.4, -0.2) is 0 Å². The zero-order chi connectivity index (χ0) is 10.9. The largest absolute Gasteiger partial charge is 0.152 e. The van der Waals surface area contributed by atoms with E-state index in [0.29, 0.717) is 0 Å². The van der Waals surface area contributed by atoms with Gasteiger partial charge in [0.05, 0.1) is 0 Å². The molecule has 0 aromatic heterocycles. The molecule has 0 spiro atoms. The van der Waals surface area contributed by atoms with Gasteiger partial charge in [0.2, 0.25) is 0 Å². The predicted molar refractivity (Wildman–Crippen MR) is 60.9 cm³/mol. The van der Waals surface area contributed by atoms with Crippen LogP contribution in [0.3, 0.4) is 0 Å². The van der Waals surface area contributed by atoms with E-state index in [9.17, 15) is 0 Å². The Balaban J connectivity index is 4.90. The monoisotopic (exact) mass is 182 g/mol. The molecule has 0 radical (unpaired) electrons. The van der Waals surface area contributed by atoms with Crippen molar-refractivity contribution in [3.8, 4) is 47.9 Å². The van der Waals surface area contributed by atoms with Crippen molar-refractivity contribution in [3.63, 3.8) is 0 Å². The summed E-state index contributed by atoms with van der Waals surface area (Å²) in [4.78, 5) is 0. The maximum atomic E-state index is 5.42. The minimum absolute atomic E-state index is 0.614. The van der Waals surface area contributed by atoms with Gasteiger partial charge in [0, 0.05) is 6.42 Å². The number of hydrogen-bond donors (Lipinski definition) is 0. The summed E-state index contributed by atoms with van der Waals surface area (Å²) in [5, 5.41) is 0. The second kappa shape index (κ2) is 6.72. The van der Waals surface area contributed by atoms with Gasteiger partial charge < -0.3 is 0 Å². The van der Waals surface area contributed by atoms with Crippen LogP contribution in [-0.2, 0) is 0 Å². The molecule has 0 saturated heterocycles. The fraction of sp³-hybridized carbons (Fsp3) is 0.429. The molecular weight excluding hydrogens is 168 g/mol. The molecule has 1 unspecified atom stereocenters. The number of terminal acetylenes is 1. The molecule has 0 aromatic carbocycles. The van der Waals surface area contributed by atoms with Crippen LogP contribution in [0.1, 0.15) is 33.6 Å². The second-order valence-corrected chi connectivity index (χ2v) is 2.68. The summed E-state index contributed by atoms with van der Waals surface area (Å²) in [5.41, 5.74) is -0.614. The maximum absolute atomic E-state index is 5.42. The zero-order valence-corrected chi connectivity index (χ0v) is 8.99. The van der Waals surface area contributed by atoms with Crippen molar-refractivity contribution in [2.45, 2.75) is 33.6 Å². The van der Waals surface area contributed by atoms with Gasteiger partial charge in [0.1, 0.15) is 0 Å². The summed E-state index contributed by atoms with van der Waals surface area (Å²) in [6.07, 6.45) is 6.95. The third-order valence-electron chi connectivity index (χ3n) is 1.72. The average molecular weight is 182 g/mol. The van der Waals surface area contributed by atoms with Crippen LogP contribution in [0.5, 0.6) is 0 Å². The van der Waals surface area contributed by atoms with Gasteiger partial charge in [-0.3, -0.25) is 0 Å². The summed E-state index contributed by atoms with van der Waals surface area (Å²) < 4.78 is 0. The lowest BCUT2D eigenvalue weighted by Gasteiger charge is -2.10. The highest BCUT2D eigenvalue weighted by molar-refractivity contribution is 5.40. The van der Waals surface area contributed by atoms with Crippen LogP contribution in [0.2, 0.25) is 0 Å². The highest BCUT2D eigenvalue weighted by atomic mass is 14.2. The van der Waals surface area contributed by atoms with Crippen LogP contribution in [0.15, 0.2) is 0 Å². The Morgan fingerprint density at radius 1 is 1.14 bits per heavy atom. The van der Waals surface area contributed by atoms with Crippen molar-refractivity contribution in [3.05, 3.63) is 0 Å². The lowest BCUT2D eigenvalue weighted by molar-refractivity contribution is 0.680. The molecule has 0 amide bonds. The second-order valence-electron chi connectivity index (χ2n) is 2.68. The van der Waals surface area contributed by atoms with Gasteiger partial charge in [0.15, 0.2) is 5.41 Å².